The second-order valence-corrected chi connectivity index (χ2v) is 16.7. The third kappa shape index (κ3) is 43.4. The molecule has 2 atom stereocenters. The SMILES string of the molecule is CCCCCC=CCC=CCC=CCCCCC(=O)OC[C@H](COP(=O)(O)OCCN)OC(=O)CCCCCCCCCCCCCC=CCCCCCCCC. The number of nitrogens with two attached hydrogens (primary N) is 1. The number of carbonyl (C=O) groups excluding carboxylic acids is 2. The number of allylic oxidation sites excluding steroid dienone is 8. The molecule has 0 aromatic rings. The monoisotopic (exact) mass is 824 g/mol. The van der Waals surface area contributed by atoms with Gasteiger partial charge in [0.25, 0.3) is 0 Å². The summed E-state index contributed by atoms with van der Waals surface area (Å²) in [6.07, 6.45) is 50.0. The summed E-state index contributed by atoms with van der Waals surface area (Å²) in [5.41, 5.74) is 5.35. The van der Waals surface area contributed by atoms with Crippen LogP contribution < -0.4 is 5.73 Å². The largest absolute Gasteiger partial charge is 0.472 e. The van der Waals surface area contributed by atoms with Crippen LogP contribution in [0.4, 0.5) is 0 Å². The molecule has 332 valence electrons. The van der Waals surface area contributed by atoms with Gasteiger partial charge in [-0.05, 0) is 77.0 Å². The normalized spacial score (nSPS) is 13.7. The van der Waals surface area contributed by atoms with E-state index in [4.69, 9.17) is 24.3 Å². The summed E-state index contributed by atoms with van der Waals surface area (Å²) in [6, 6.07) is 0. The highest BCUT2D eigenvalue weighted by atomic mass is 31.2. The maximum Gasteiger partial charge on any atom is 0.472 e. The highest BCUT2D eigenvalue weighted by Crippen LogP contribution is 2.43. The molecule has 0 radical (unpaired) electrons. The summed E-state index contributed by atoms with van der Waals surface area (Å²) in [7, 11) is -4.39. The number of phosphoric ester groups is 1. The zero-order valence-electron chi connectivity index (χ0n) is 36.6. The minimum Gasteiger partial charge on any atom is -0.462 e. The highest BCUT2D eigenvalue weighted by molar-refractivity contribution is 7.47. The van der Waals surface area contributed by atoms with Gasteiger partial charge in [-0.2, -0.15) is 0 Å². The summed E-state index contributed by atoms with van der Waals surface area (Å²) in [4.78, 5) is 34.9. The molecule has 10 heteroatoms. The first-order chi connectivity index (χ1) is 27.8. The molecule has 57 heavy (non-hydrogen) atoms. The Hall–Kier alpha value is -2.03. The molecule has 0 bridgehead atoms. The first kappa shape index (κ1) is 55.0. The fraction of sp³-hybridized carbons (Fsp3) is 0.787. The van der Waals surface area contributed by atoms with Gasteiger partial charge in [0.2, 0.25) is 0 Å². The molecule has 1 unspecified atom stereocenters. The van der Waals surface area contributed by atoms with Crippen molar-refractivity contribution in [1.29, 1.82) is 0 Å². The van der Waals surface area contributed by atoms with Crippen LogP contribution in [0.25, 0.3) is 0 Å². The van der Waals surface area contributed by atoms with E-state index in [0.717, 1.165) is 51.4 Å². The first-order valence-corrected chi connectivity index (χ1v) is 24.6. The Morgan fingerprint density at radius 3 is 1.44 bits per heavy atom. The maximum absolute atomic E-state index is 12.6. The average Bonchev–Trinajstić information content (AvgIpc) is 3.20. The number of rotatable bonds is 43. The quantitative estimate of drug-likeness (QED) is 0.0267. The molecule has 0 saturated carbocycles. The number of esters is 2. The van der Waals surface area contributed by atoms with E-state index in [-0.39, 0.29) is 32.6 Å². The Morgan fingerprint density at radius 2 is 0.912 bits per heavy atom. The fourth-order valence-electron chi connectivity index (χ4n) is 6.22. The predicted molar refractivity (Wildman–Crippen MR) is 238 cm³/mol. The molecule has 0 rings (SSSR count). The lowest BCUT2D eigenvalue weighted by molar-refractivity contribution is -0.161. The van der Waals surface area contributed by atoms with Gasteiger partial charge in [-0.15, -0.1) is 0 Å². The van der Waals surface area contributed by atoms with Crippen LogP contribution in [0.3, 0.4) is 0 Å². The molecule has 0 heterocycles. The van der Waals surface area contributed by atoms with Gasteiger partial charge in [-0.25, -0.2) is 4.57 Å². The number of phosphoric acid groups is 1. The molecular weight excluding hydrogens is 737 g/mol. The topological polar surface area (TPSA) is 134 Å². The molecule has 0 spiro atoms. The van der Waals surface area contributed by atoms with Crippen molar-refractivity contribution >= 4 is 19.8 Å². The number of hydrogen-bond donors (Lipinski definition) is 2. The van der Waals surface area contributed by atoms with Crippen LogP contribution in [0.2, 0.25) is 0 Å². The van der Waals surface area contributed by atoms with Gasteiger partial charge in [-0.1, -0.05) is 165 Å². The van der Waals surface area contributed by atoms with Gasteiger partial charge in [-0.3, -0.25) is 18.6 Å². The van der Waals surface area contributed by atoms with Crippen LogP contribution in [0.1, 0.15) is 206 Å². The smallest absolute Gasteiger partial charge is 0.462 e. The van der Waals surface area contributed by atoms with Gasteiger partial charge in [0.15, 0.2) is 6.10 Å². The lowest BCUT2D eigenvalue weighted by Crippen LogP contribution is -2.29. The Morgan fingerprint density at radius 1 is 0.526 bits per heavy atom. The van der Waals surface area contributed by atoms with Gasteiger partial charge >= 0.3 is 19.8 Å². The summed E-state index contributed by atoms with van der Waals surface area (Å²) in [6.45, 7) is 3.66. The Bertz CT molecular complexity index is 1080. The minimum absolute atomic E-state index is 0.0472. The van der Waals surface area contributed by atoms with Crippen LogP contribution in [-0.2, 0) is 32.7 Å². The second kappa shape index (κ2) is 43.5. The maximum atomic E-state index is 12.6. The van der Waals surface area contributed by atoms with E-state index in [9.17, 15) is 19.0 Å². The summed E-state index contributed by atoms with van der Waals surface area (Å²) in [5.74, 6) is -0.872. The van der Waals surface area contributed by atoms with Gasteiger partial charge in [0.1, 0.15) is 6.61 Å². The van der Waals surface area contributed by atoms with E-state index < -0.39 is 32.5 Å². The van der Waals surface area contributed by atoms with Crippen molar-refractivity contribution in [2.45, 2.75) is 213 Å². The van der Waals surface area contributed by atoms with E-state index in [1.165, 1.54) is 116 Å². The third-order valence-corrected chi connectivity index (χ3v) is 10.7. The predicted octanol–water partition coefficient (Wildman–Crippen LogP) is 13.5. The van der Waals surface area contributed by atoms with E-state index in [2.05, 4.69) is 62.5 Å². The molecule has 0 aromatic carbocycles. The summed E-state index contributed by atoms with van der Waals surface area (Å²) in [5, 5.41) is 0. The molecule has 9 nitrogen and oxygen atoms in total. The van der Waals surface area contributed by atoms with Crippen LogP contribution in [0, 0.1) is 0 Å². The van der Waals surface area contributed by atoms with Gasteiger partial charge in [0.05, 0.1) is 13.2 Å². The van der Waals surface area contributed by atoms with Crippen molar-refractivity contribution in [2.75, 3.05) is 26.4 Å². The number of unbranched alkanes of at least 4 members (excludes halogenated alkanes) is 22. The Kier molecular flexibility index (Phi) is 42.0. The van der Waals surface area contributed by atoms with E-state index in [1.54, 1.807) is 0 Å². The molecular formula is C47H86NO8P. The van der Waals surface area contributed by atoms with Crippen molar-refractivity contribution in [1.82, 2.24) is 0 Å². The molecule has 0 aromatic heterocycles. The molecule has 0 amide bonds. The summed E-state index contributed by atoms with van der Waals surface area (Å²) >= 11 is 0. The average molecular weight is 824 g/mol. The van der Waals surface area contributed by atoms with Crippen molar-refractivity contribution in [3.63, 3.8) is 0 Å². The molecule has 0 fully saturated rings. The van der Waals surface area contributed by atoms with Crippen LogP contribution >= 0.6 is 7.82 Å². The number of ether oxygens (including phenoxy) is 2. The third-order valence-electron chi connectivity index (χ3n) is 9.69. The minimum atomic E-state index is -4.39. The Labute approximate surface area is 349 Å². The van der Waals surface area contributed by atoms with E-state index in [0.29, 0.717) is 12.8 Å². The van der Waals surface area contributed by atoms with E-state index in [1.807, 2.05) is 0 Å². The molecule has 0 aliphatic carbocycles. The van der Waals surface area contributed by atoms with Crippen molar-refractivity contribution in [3.8, 4) is 0 Å². The van der Waals surface area contributed by atoms with Crippen molar-refractivity contribution in [3.05, 3.63) is 48.6 Å². The number of carbonyl (C=O) groups is 2. The zero-order chi connectivity index (χ0) is 41.8. The molecule has 3 N–H and O–H groups in total. The molecule has 0 saturated heterocycles. The first-order valence-electron chi connectivity index (χ1n) is 23.1. The fourth-order valence-corrected chi connectivity index (χ4v) is 6.99. The lowest BCUT2D eigenvalue weighted by Gasteiger charge is -2.19. The highest BCUT2D eigenvalue weighted by Gasteiger charge is 2.26. The number of hydrogen-bond acceptors (Lipinski definition) is 8. The van der Waals surface area contributed by atoms with E-state index >= 15 is 0 Å². The van der Waals surface area contributed by atoms with Crippen LogP contribution in [0.15, 0.2) is 48.6 Å². The van der Waals surface area contributed by atoms with Crippen LogP contribution in [-0.4, -0.2) is 49.3 Å². The molecule has 0 aliphatic heterocycles. The van der Waals surface area contributed by atoms with Crippen molar-refractivity contribution in [2.24, 2.45) is 5.73 Å². The van der Waals surface area contributed by atoms with Gasteiger partial charge in [0, 0.05) is 19.4 Å². The summed E-state index contributed by atoms with van der Waals surface area (Å²) < 4.78 is 32.8. The molecule has 0 aliphatic rings. The Balaban J connectivity index is 4.14. The van der Waals surface area contributed by atoms with Crippen molar-refractivity contribution < 1.29 is 37.6 Å². The zero-order valence-corrected chi connectivity index (χ0v) is 37.5. The lowest BCUT2D eigenvalue weighted by atomic mass is 10.0. The van der Waals surface area contributed by atoms with Gasteiger partial charge < -0.3 is 20.1 Å². The second-order valence-electron chi connectivity index (χ2n) is 15.3. The standard InChI is InChI=1S/C47H86NO8P/c1-3-5-7-9-11-13-15-17-19-20-21-22-23-24-26-28-30-32-34-36-38-40-47(50)56-45(44-55-57(51,52)54-42-41-48)43-53-46(49)39-37-35-33-31-29-27-25-18-16-14-12-10-8-6-4-2/h12,14,17-19,25,29,31,45H,3-11,13,15-16,20-24,26-28,30,32-44,48H2,1-2H3,(H,51,52)/t45-/m1/s1. The van der Waals surface area contributed by atoms with Crippen LogP contribution in [0.5, 0.6) is 0 Å².